The number of nitrogens with one attached hydrogen (secondary N) is 1. The van der Waals surface area contributed by atoms with Gasteiger partial charge in [-0.2, -0.15) is 11.8 Å². The van der Waals surface area contributed by atoms with Crippen molar-refractivity contribution in [2.75, 3.05) is 12.0 Å². The Kier molecular flexibility index (Phi) is 6.07. The molecular formula is C12H17N3OS2. The molecular weight excluding hydrogens is 266 g/mol. The van der Waals surface area contributed by atoms with Crippen LogP contribution in [0, 0.1) is 0 Å². The van der Waals surface area contributed by atoms with Crippen LogP contribution in [-0.2, 0) is 0 Å². The maximum Gasteiger partial charge on any atom is 0.270 e. The summed E-state index contributed by atoms with van der Waals surface area (Å²) >= 11 is 6.59. The highest BCUT2D eigenvalue weighted by atomic mass is 32.2. The van der Waals surface area contributed by atoms with Gasteiger partial charge in [-0.3, -0.25) is 9.78 Å². The number of carbonyl (C=O) groups excluding carboxylic acids is 1. The molecule has 6 heteroatoms. The topological polar surface area (TPSA) is 68.0 Å². The van der Waals surface area contributed by atoms with Gasteiger partial charge < -0.3 is 11.1 Å². The molecule has 1 unspecified atom stereocenters. The van der Waals surface area contributed by atoms with Crippen LogP contribution in [0.5, 0.6) is 0 Å². The summed E-state index contributed by atoms with van der Waals surface area (Å²) in [7, 11) is 0. The number of pyridine rings is 1. The third-order valence-corrected chi connectivity index (χ3v) is 3.29. The summed E-state index contributed by atoms with van der Waals surface area (Å²) in [6, 6.07) is 3.48. The number of hydrogen-bond donors (Lipinski definition) is 2. The standard InChI is InChI=1S/C12H17N3OS2/c1-8(5-6-18-2)15-12(16)10-4-3-9(7-14-10)11(13)17/h3-4,7-8H,5-6H2,1-2H3,(H2,13,17)(H,15,16). The normalized spacial score (nSPS) is 11.9. The second-order valence-electron chi connectivity index (χ2n) is 3.95. The lowest BCUT2D eigenvalue weighted by Crippen LogP contribution is -2.33. The zero-order valence-corrected chi connectivity index (χ0v) is 12.1. The minimum atomic E-state index is -0.168. The van der Waals surface area contributed by atoms with Crippen molar-refractivity contribution in [3.8, 4) is 0 Å². The molecule has 1 aromatic rings. The van der Waals surface area contributed by atoms with Crippen molar-refractivity contribution in [2.45, 2.75) is 19.4 Å². The van der Waals surface area contributed by atoms with Gasteiger partial charge in [-0.1, -0.05) is 12.2 Å². The number of thiocarbonyl (C=S) groups is 1. The Bertz CT molecular complexity index is 420. The molecule has 0 saturated carbocycles. The molecule has 4 nitrogen and oxygen atoms in total. The van der Waals surface area contributed by atoms with Crippen LogP contribution in [0.15, 0.2) is 18.3 Å². The van der Waals surface area contributed by atoms with Gasteiger partial charge in [0.2, 0.25) is 0 Å². The average Bonchev–Trinajstić information content (AvgIpc) is 2.36. The van der Waals surface area contributed by atoms with Gasteiger partial charge in [-0.15, -0.1) is 0 Å². The lowest BCUT2D eigenvalue weighted by atomic mass is 10.2. The largest absolute Gasteiger partial charge is 0.389 e. The fourth-order valence-electron chi connectivity index (χ4n) is 1.34. The predicted molar refractivity (Wildman–Crippen MR) is 80.1 cm³/mol. The van der Waals surface area contributed by atoms with Crippen molar-refractivity contribution in [3.63, 3.8) is 0 Å². The van der Waals surface area contributed by atoms with Gasteiger partial charge in [-0.25, -0.2) is 0 Å². The van der Waals surface area contributed by atoms with Crippen LogP contribution in [0.1, 0.15) is 29.4 Å². The van der Waals surface area contributed by atoms with Gasteiger partial charge in [-0.05, 0) is 37.5 Å². The summed E-state index contributed by atoms with van der Waals surface area (Å²) in [6.45, 7) is 1.98. The van der Waals surface area contributed by atoms with Crippen molar-refractivity contribution in [1.29, 1.82) is 0 Å². The number of rotatable bonds is 6. The summed E-state index contributed by atoms with van der Waals surface area (Å²) in [6.07, 6.45) is 4.51. The Labute approximate surface area is 117 Å². The highest BCUT2D eigenvalue weighted by molar-refractivity contribution is 7.98. The van der Waals surface area contributed by atoms with Gasteiger partial charge in [0.15, 0.2) is 0 Å². The molecule has 3 N–H and O–H groups in total. The quantitative estimate of drug-likeness (QED) is 0.776. The Hall–Kier alpha value is -1.14. The van der Waals surface area contributed by atoms with E-state index in [1.54, 1.807) is 23.9 Å². The van der Waals surface area contributed by atoms with Gasteiger partial charge in [0.25, 0.3) is 5.91 Å². The van der Waals surface area contributed by atoms with Crippen molar-refractivity contribution in [3.05, 3.63) is 29.6 Å². The van der Waals surface area contributed by atoms with Crippen LogP contribution in [0.25, 0.3) is 0 Å². The molecule has 1 atom stereocenters. The molecule has 0 aliphatic heterocycles. The highest BCUT2D eigenvalue weighted by Crippen LogP contribution is 2.03. The van der Waals surface area contributed by atoms with E-state index in [1.165, 1.54) is 6.20 Å². The third kappa shape index (κ3) is 4.62. The number of hydrogen-bond acceptors (Lipinski definition) is 4. The van der Waals surface area contributed by atoms with E-state index in [1.807, 2.05) is 13.2 Å². The maximum atomic E-state index is 11.9. The number of aromatic nitrogens is 1. The molecule has 0 spiro atoms. The van der Waals surface area contributed by atoms with Crippen molar-refractivity contribution >= 4 is 34.9 Å². The van der Waals surface area contributed by atoms with Gasteiger partial charge >= 0.3 is 0 Å². The van der Waals surface area contributed by atoms with Crippen molar-refractivity contribution in [1.82, 2.24) is 10.3 Å². The first-order valence-electron chi connectivity index (χ1n) is 5.60. The Morgan fingerprint density at radius 3 is 2.83 bits per heavy atom. The number of thioether (sulfide) groups is 1. The van der Waals surface area contributed by atoms with Gasteiger partial charge in [0.05, 0.1) is 0 Å². The summed E-state index contributed by atoms with van der Waals surface area (Å²) in [5.41, 5.74) is 6.51. The molecule has 0 aliphatic carbocycles. The fraction of sp³-hybridized carbons (Fsp3) is 0.417. The molecule has 0 aromatic carbocycles. The third-order valence-electron chi connectivity index (χ3n) is 2.41. The molecule has 0 aliphatic rings. The lowest BCUT2D eigenvalue weighted by molar-refractivity contribution is 0.0934. The van der Waals surface area contributed by atoms with Crippen LogP contribution >= 0.6 is 24.0 Å². The van der Waals surface area contributed by atoms with Crippen LogP contribution in [-0.4, -0.2) is 33.9 Å². The van der Waals surface area contributed by atoms with Crippen LogP contribution in [0.2, 0.25) is 0 Å². The first kappa shape index (κ1) is 14.9. The zero-order chi connectivity index (χ0) is 13.5. The molecule has 0 bridgehead atoms. The molecule has 18 heavy (non-hydrogen) atoms. The van der Waals surface area contributed by atoms with E-state index in [9.17, 15) is 4.79 Å². The highest BCUT2D eigenvalue weighted by Gasteiger charge is 2.10. The second-order valence-corrected chi connectivity index (χ2v) is 5.38. The average molecular weight is 283 g/mol. The monoisotopic (exact) mass is 283 g/mol. The number of nitrogens with zero attached hydrogens (tertiary/aromatic N) is 1. The van der Waals surface area contributed by atoms with E-state index in [0.29, 0.717) is 11.3 Å². The number of amides is 1. The van der Waals surface area contributed by atoms with E-state index >= 15 is 0 Å². The van der Waals surface area contributed by atoms with Gasteiger partial charge in [0.1, 0.15) is 10.7 Å². The molecule has 1 rings (SSSR count). The van der Waals surface area contributed by atoms with Crippen LogP contribution in [0.3, 0.4) is 0 Å². The van der Waals surface area contributed by atoms with E-state index < -0.39 is 0 Å². The van der Waals surface area contributed by atoms with E-state index in [0.717, 1.165) is 12.2 Å². The van der Waals surface area contributed by atoms with Crippen LogP contribution in [0.4, 0.5) is 0 Å². The molecule has 0 fully saturated rings. The molecule has 98 valence electrons. The van der Waals surface area contributed by atoms with E-state index in [4.69, 9.17) is 18.0 Å². The summed E-state index contributed by atoms with van der Waals surface area (Å²) in [5.74, 6) is 0.855. The Balaban J connectivity index is 2.58. The minimum absolute atomic E-state index is 0.141. The predicted octanol–water partition coefficient (Wildman–Crippen LogP) is 1.59. The maximum absolute atomic E-state index is 11.9. The SMILES string of the molecule is CSCCC(C)NC(=O)c1ccc(C(N)=S)cn1. The van der Waals surface area contributed by atoms with E-state index in [-0.39, 0.29) is 16.9 Å². The summed E-state index contributed by atoms with van der Waals surface area (Å²) < 4.78 is 0. The Morgan fingerprint density at radius 2 is 2.33 bits per heavy atom. The lowest BCUT2D eigenvalue weighted by Gasteiger charge is -2.12. The summed E-state index contributed by atoms with van der Waals surface area (Å²) in [4.78, 5) is 16.2. The van der Waals surface area contributed by atoms with Crippen LogP contribution < -0.4 is 11.1 Å². The number of nitrogens with two attached hydrogens (primary N) is 1. The summed E-state index contributed by atoms with van der Waals surface area (Å²) in [5, 5.41) is 2.90. The van der Waals surface area contributed by atoms with Crippen molar-refractivity contribution in [2.24, 2.45) is 5.73 Å². The first-order valence-corrected chi connectivity index (χ1v) is 7.40. The molecule has 0 radical (unpaired) electrons. The molecule has 1 aromatic heterocycles. The zero-order valence-electron chi connectivity index (χ0n) is 10.5. The number of carbonyl (C=O) groups is 1. The first-order chi connectivity index (χ1) is 8.54. The fourth-order valence-corrected chi connectivity index (χ4v) is 2.05. The molecule has 0 saturated heterocycles. The second kappa shape index (κ2) is 7.33. The van der Waals surface area contributed by atoms with Gasteiger partial charge in [0, 0.05) is 17.8 Å². The van der Waals surface area contributed by atoms with E-state index in [2.05, 4.69) is 10.3 Å². The minimum Gasteiger partial charge on any atom is -0.389 e. The Morgan fingerprint density at radius 1 is 1.61 bits per heavy atom. The molecule has 1 amide bonds. The van der Waals surface area contributed by atoms with Crippen molar-refractivity contribution < 1.29 is 4.79 Å². The molecule has 1 heterocycles. The smallest absolute Gasteiger partial charge is 0.270 e.